The predicted octanol–water partition coefficient (Wildman–Crippen LogP) is 1.08. The van der Waals surface area contributed by atoms with Gasteiger partial charge in [0.15, 0.2) is 0 Å². The van der Waals surface area contributed by atoms with Crippen LogP contribution in [0.4, 0.5) is 4.79 Å². The van der Waals surface area contributed by atoms with Gasteiger partial charge in [-0.3, -0.25) is 9.69 Å². The minimum atomic E-state index is -0.567. The fourth-order valence-corrected chi connectivity index (χ4v) is 2.14. The summed E-state index contributed by atoms with van der Waals surface area (Å²) in [4.78, 5) is 27.3. The highest BCUT2D eigenvalue weighted by Crippen LogP contribution is 2.17. The summed E-state index contributed by atoms with van der Waals surface area (Å²) in [6, 6.07) is -0.402. The number of aliphatic hydroxyl groups is 1. The Labute approximate surface area is 120 Å². The Bertz CT molecular complexity index is 363. The fourth-order valence-electron chi connectivity index (χ4n) is 2.14. The first-order valence-electron chi connectivity index (χ1n) is 7.05. The van der Waals surface area contributed by atoms with Crippen molar-refractivity contribution in [2.75, 3.05) is 26.2 Å². The van der Waals surface area contributed by atoms with Crippen molar-refractivity contribution in [3.8, 4) is 0 Å². The molecule has 1 atom stereocenters. The monoisotopic (exact) mass is 286 g/mol. The summed E-state index contributed by atoms with van der Waals surface area (Å²) in [6.07, 6.45) is -0.437. The standard InChI is InChI=1S/C14H26N2O4/c1-10(2)12(18)15-6-7-16(11(8-15)9-17)13(19)20-14(3,4)5/h10-11,17H,6-9H2,1-5H3. The normalized spacial score (nSPS) is 20.2. The number of carbonyl (C=O) groups excluding carboxylic acids is 2. The first-order chi connectivity index (χ1) is 9.15. The summed E-state index contributed by atoms with van der Waals surface area (Å²) in [5.74, 6) is -0.0327. The molecule has 2 amide bonds. The third-order valence-electron chi connectivity index (χ3n) is 3.13. The van der Waals surface area contributed by atoms with Crippen molar-refractivity contribution in [2.45, 2.75) is 46.3 Å². The van der Waals surface area contributed by atoms with Crippen LogP contribution in [0.25, 0.3) is 0 Å². The molecule has 1 heterocycles. The van der Waals surface area contributed by atoms with Crippen LogP contribution < -0.4 is 0 Å². The summed E-state index contributed by atoms with van der Waals surface area (Å²) in [5, 5.41) is 9.46. The highest BCUT2D eigenvalue weighted by molar-refractivity contribution is 5.78. The van der Waals surface area contributed by atoms with Gasteiger partial charge in [-0.1, -0.05) is 13.8 Å². The van der Waals surface area contributed by atoms with E-state index in [2.05, 4.69) is 0 Å². The van der Waals surface area contributed by atoms with Gasteiger partial charge in [-0.25, -0.2) is 4.79 Å². The molecular weight excluding hydrogens is 260 g/mol. The van der Waals surface area contributed by atoms with Gasteiger partial charge in [0.25, 0.3) is 0 Å². The minimum Gasteiger partial charge on any atom is -0.444 e. The summed E-state index contributed by atoms with van der Waals surface area (Å²) < 4.78 is 5.32. The van der Waals surface area contributed by atoms with Crippen LogP contribution in [-0.2, 0) is 9.53 Å². The molecule has 1 N–H and O–H groups in total. The van der Waals surface area contributed by atoms with E-state index in [9.17, 15) is 14.7 Å². The average molecular weight is 286 g/mol. The number of aliphatic hydroxyl groups excluding tert-OH is 1. The second-order valence-electron chi connectivity index (χ2n) is 6.45. The van der Waals surface area contributed by atoms with Crippen molar-refractivity contribution >= 4 is 12.0 Å². The van der Waals surface area contributed by atoms with Crippen molar-refractivity contribution in [1.29, 1.82) is 0 Å². The third kappa shape index (κ3) is 4.37. The Morgan fingerprint density at radius 3 is 2.35 bits per heavy atom. The van der Waals surface area contributed by atoms with Crippen LogP contribution in [0, 0.1) is 5.92 Å². The largest absolute Gasteiger partial charge is 0.444 e. The summed E-state index contributed by atoms with van der Waals surface area (Å²) in [5.41, 5.74) is -0.567. The van der Waals surface area contributed by atoms with Gasteiger partial charge < -0.3 is 14.7 Å². The molecule has 1 fully saturated rings. The zero-order chi connectivity index (χ0) is 15.5. The van der Waals surface area contributed by atoms with Gasteiger partial charge in [-0.2, -0.15) is 0 Å². The molecule has 0 aromatic carbocycles. The predicted molar refractivity (Wildman–Crippen MR) is 75.2 cm³/mol. The van der Waals surface area contributed by atoms with E-state index in [4.69, 9.17) is 4.74 Å². The summed E-state index contributed by atoms with van der Waals surface area (Å²) >= 11 is 0. The van der Waals surface area contributed by atoms with Crippen LogP contribution in [-0.4, -0.2) is 64.8 Å². The van der Waals surface area contributed by atoms with Crippen LogP contribution in [0.1, 0.15) is 34.6 Å². The number of rotatable bonds is 2. The van der Waals surface area contributed by atoms with E-state index >= 15 is 0 Å². The number of nitrogens with zero attached hydrogens (tertiary/aromatic N) is 2. The van der Waals surface area contributed by atoms with E-state index < -0.39 is 17.7 Å². The Hall–Kier alpha value is -1.30. The molecule has 6 heteroatoms. The van der Waals surface area contributed by atoms with E-state index in [0.29, 0.717) is 19.6 Å². The molecule has 1 aliphatic heterocycles. The second-order valence-corrected chi connectivity index (χ2v) is 6.45. The Balaban J connectivity index is 2.69. The van der Waals surface area contributed by atoms with Gasteiger partial charge in [-0.15, -0.1) is 0 Å². The van der Waals surface area contributed by atoms with Gasteiger partial charge in [-0.05, 0) is 20.8 Å². The molecule has 0 radical (unpaired) electrons. The Kier molecular flexibility index (Phi) is 5.39. The quantitative estimate of drug-likeness (QED) is 0.824. The molecule has 1 unspecified atom stereocenters. The van der Waals surface area contributed by atoms with Gasteiger partial charge in [0.05, 0.1) is 12.6 Å². The van der Waals surface area contributed by atoms with Crippen LogP contribution in [0.3, 0.4) is 0 Å². The third-order valence-corrected chi connectivity index (χ3v) is 3.13. The van der Waals surface area contributed by atoms with Crippen LogP contribution in [0.5, 0.6) is 0 Å². The van der Waals surface area contributed by atoms with E-state index in [1.54, 1.807) is 25.7 Å². The first-order valence-corrected chi connectivity index (χ1v) is 7.05. The topological polar surface area (TPSA) is 70.1 Å². The van der Waals surface area contributed by atoms with Crippen LogP contribution in [0.2, 0.25) is 0 Å². The number of ether oxygens (including phenoxy) is 1. The van der Waals surface area contributed by atoms with E-state index in [1.807, 2.05) is 13.8 Å². The van der Waals surface area contributed by atoms with Gasteiger partial charge in [0.2, 0.25) is 5.91 Å². The lowest BCUT2D eigenvalue weighted by Gasteiger charge is -2.41. The second kappa shape index (κ2) is 6.43. The number of piperazine rings is 1. The zero-order valence-corrected chi connectivity index (χ0v) is 13.0. The molecule has 0 aromatic rings. The van der Waals surface area contributed by atoms with E-state index in [1.165, 1.54) is 4.90 Å². The number of carbonyl (C=O) groups is 2. The number of amides is 2. The molecule has 6 nitrogen and oxygen atoms in total. The number of hydrogen-bond donors (Lipinski definition) is 1. The molecular formula is C14H26N2O4. The minimum absolute atomic E-state index is 0.0484. The van der Waals surface area contributed by atoms with Crippen molar-refractivity contribution in [2.24, 2.45) is 5.92 Å². The van der Waals surface area contributed by atoms with Gasteiger partial charge in [0.1, 0.15) is 5.60 Å². The molecule has 0 spiro atoms. The maximum absolute atomic E-state index is 12.1. The summed E-state index contributed by atoms with van der Waals surface area (Å²) in [6.45, 7) is 10.1. The first kappa shape index (κ1) is 16.8. The Morgan fingerprint density at radius 2 is 1.90 bits per heavy atom. The molecule has 0 aliphatic carbocycles. The lowest BCUT2D eigenvalue weighted by atomic mass is 10.1. The van der Waals surface area contributed by atoms with Gasteiger partial charge >= 0.3 is 6.09 Å². The average Bonchev–Trinajstić information content (AvgIpc) is 2.34. The van der Waals surface area contributed by atoms with Crippen molar-refractivity contribution in [3.05, 3.63) is 0 Å². The van der Waals surface area contributed by atoms with E-state index in [-0.39, 0.29) is 18.4 Å². The van der Waals surface area contributed by atoms with Crippen LogP contribution in [0.15, 0.2) is 0 Å². The lowest BCUT2D eigenvalue weighted by molar-refractivity contribution is -0.137. The molecule has 0 aromatic heterocycles. The van der Waals surface area contributed by atoms with Crippen LogP contribution >= 0.6 is 0 Å². The lowest BCUT2D eigenvalue weighted by Crippen LogP contribution is -2.59. The fraction of sp³-hybridized carbons (Fsp3) is 0.857. The van der Waals surface area contributed by atoms with Crippen molar-refractivity contribution in [1.82, 2.24) is 9.80 Å². The molecule has 116 valence electrons. The van der Waals surface area contributed by atoms with Gasteiger partial charge in [0, 0.05) is 25.6 Å². The molecule has 1 saturated heterocycles. The van der Waals surface area contributed by atoms with E-state index in [0.717, 1.165) is 0 Å². The molecule has 1 aliphatic rings. The molecule has 0 bridgehead atoms. The van der Waals surface area contributed by atoms with Crippen molar-refractivity contribution < 1.29 is 19.4 Å². The highest BCUT2D eigenvalue weighted by atomic mass is 16.6. The van der Waals surface area contributed by atoms with Crippen molar-refractivity contribution in [3.63, 3.8) is 0 Å². The molecule has 20 heavy (non-hydrogen) atoms. The number of hydrogen-bond acceptors (Lipinski definition) is 4. The maximum Gasteiger partial charge on any atom is 0.410 e. The zero-order valence-electron chi connectivity index (χ0n) is 13.0. The highest BCUT2D eigenvalue weighted by Gasteiger charge is 2.34. The maximum atomic E-state index is 12.1. The summed E-state index contributed by atoms with van der Waals surface area (Å²) in [7, 11) is 0. The molecule has 1 rings (SSSR count). The smallest absolute Gasteiger partial charge is 0.410 e. The SMILES string of the molecule is CC(C)C(=O)N1CCN(C(=O)OC(C)(C)C)C(CO)C1. The molecule has 0 saturated carbocycles. The Morgan fingerprint density at radius 1 is 1.30 bits per heavy atom.